The first-order valence-electron chi connectivity index (χ1n) is 12.8. The minimum atomic E-state index is -0.419. The fourth-order valence-corrected chi connectivity index (χ4v) is 6.17. The van der Waals surface area contributed by atoms with Crippen LogP contribution in [0.2, 0.25) is 0 Å². The number of thiophene rings is 1. The summed E-state index contributed by atoms with van der Waals surface area (Å²) >= 11 is 1.45. The molecule has 8 heteroatoms. The lowest BCUT2D eigenvalue weighted by atomic mass is 10.1. The molecule has 0 saturated carbocycles. The maximum Gasteiger partial charge on any atom is 0.264 e. The van der Waals surface area contributed by atoms with Gasteiger partial charge in [-0.2, -0.15) is 0 Å². The third kappa shape index (κ3) is 5.77. The lowest BCUT2D eigenvalue weighted by Crippen LogP contribution is -2.53. The number of carbonyl (C=O) groups excluding carboxylic acids is 2. The van der Waals surface area contributed by atoms with Gasteiger partial charge in [0, 0.05) is 58.5 Å². The number of nitrogens with zero attached hydrogens (tertiary/aromatic N) is 3. The van der Waals surface area contributed by atoms with Crippen molar-refractivity contribution >= 4 is 23.2 Å². The molecule has 3 unspecified atom stereocenters. The van der Waals surface area contributed by atoms with E-state index >= 15 is 0 Å². The van der Waals surface area contributed by atoms with Crippen molar-refractivity contribution in [3.63, 3.8) is 0 Å². The Bertz CT molecular complexity index is 984. The molecular formula is C27H36N4O3S. The Balaban J connectivity index is 1.39. The second kappa shape index (κ2) is 11.2. The fraction of sp³-hybridized carbons (Fsp3) is 0.556. The predicted octanol–water partition coefficient (Wildman–Crippen LogP) is 2.75. The second-order valence-corrected chi connectivity index (χ2v) is 10.9. The van der Waals surface area contributed by atoms with Gasteiger partial charge in [-0.3, -0.25) is 14.5 Å². The molecule has 3 aliphatic heterocycles. The SMILES string of the molecule is Cc1ccc(CN(CC2CCCO2)C2CC(C(=O)N3CCNCC3)N(C(=O)c3cccs3)C2)cc1. The van der Waals surface area contributed by atoms with Gasteiger partial charge in [-0.25, -0.2) is 0 Å². The van der Waals surface area contributed by atoms with Crippen LogP contribution in [0.1, 0.15) is 40.1 Å². The molecule has 3 fully saturated rings. The van der Waals surface area contributed by atoms with Gasteiger partial charge in [0.25, 0.3) is 5.91 Å². The van der Waals surface area contributed by atoms with Crippen LogP contribution in [-0.2, 0) is 16.1 Å². The lowest BCUT2D eigenvalue weighted by Gasteiger charge is -2.32. The van der Waals surface area contributed by atoms with E-state index in [0.717, 1.165) is 45.6 Å². The Labute approximate surface area is 212 Å². The van der Waals surface area contributed by atoms with Crippen molar-refractivity contribution in [2.75, 3.05) is 45.9 Å². The van der Waals surface area contributed by atoms with Gasteiger partial charge < -0.3 is 19.9 Å². The highest BCUT2D eigenvalue weighted by atomic mass is 32.1. The molecule has 7 nitrogen and oxygen atoms in total. The average Bonchev–Trinajstić information content (AvgIpc) is 3.67. The first-order valence-corrected chi connectivity index (χ1v) is 13.7. The third-order valence-electron chi connectivity index (χ3n) is 7.47. The van der Waals surface area contributed by atoms with Crippen LogP contribution in [0.5, 0.6) is 0 Å². The molecule has 0 spiro atoms. The number of hydrogen-bond donors (Lipinski definition) is 1. The first kappa shape index (κ1) is 24.4. The number of piperazine rings is 1. The van der Waals surface area contributed by atoms with Gasteiger partial charge >= 0.3 is 0 Å². The van der Waals surface area contributed by atoms with E-state index in [2.05, 4.69) is 41.4 Å². The number of rotatable bonds is 7. The largest absolute Gasteiger partial charge is 0.377 e. The molecule has 3 atom stereocenters. The van der Waals surface area contributed by atoms with E-state index in [0.29, 0.717) is 30.9 Å². The molecule has 1 N–H and O–H groups in total. The van der Waals surface area contributed by atoms with Crippen molar-refractivity contribution in [3.05, 3.63) is 57.8 Å². The third-order valence-corrected chi connectivity index (χ3v) is 8.33. The highest BCUT2D eigenvalue weighted by Crippen LogP contribution is 2.29. The molecule has 1 aromatic heterocycles. The van der Waals surface area contributed by atoms with E-state index in [-0.39, 0.29) is 24.0 Å². The summed E-state index contributed by atoms with van der Waals surface area (Å²) in [4.78, 5) is 34.1. The van der Waals surface area contributed by atoms with Crippen molar-refractivity contribution in [2.24, 2.45) is 0 Å². The number of nitrogens with one attached hydrogen (secondary N) is 1. The van der Waals surface area contributed by atoms with Crippen molar-refractivity contribution in [1.82, 2.24) is 20.0 Å². The number of ether oxygens (including phenoxy) is 1. The number of hydrogen-bond acceptors (Lipinski definition) is 6. The summed E-state index contributed by atoms with van der Waals surface area (Å²) in [6, 6.07) is 12.1. The molecule has 3 saturated heterocycles. The molecule has 2 aromatic rings. The highest BCUT2D eigenvalue weighted by molar-refractivity contribution is 7.12. The maximum absolute atomic E-state index is 13.7. The highest BCUT2D eigenvalue weighted by Gasteiger charge is 2.44. The van der Waals surface area contributed by atoms with Crippen LogP contribution in [0.25, 0.3) is 0 Å². The van der Waals surface area contributed by atoms with E-state index in [1.165, 1.54) is 22.5 Å². The van der Waals surface area contributed by atoms with Crippen molar-refractivity contribution < 1.29 is 14.3 Å². The van der Waals surface area contributed by atoms with Crippen molar-refractivity contribution in [2.45, 2.75) is 50.9 Å². The molecule has 5 rings (SSSR count). The number of benzene rings is 1. The van der Waals surface area contributed by atoms with Gasteiger partial charge in [0.1, 0.15) is 6.04 Å². The second-order valence-electron chi connectivity index (χ2n) is 9.97. The summed E-state index contributed by atoms with van der Waals surface area (Å²) in [6.07, 6.45) is 3.04. The Morgan fingerprint density at radius 3 is 2.66 bits per heavy atom. The minimum Gasteiger partial charge on any atom is -0.377 e. The Kier molecular flexibility index (Phi) is 7.82. The van der Waals surface area contributed by atoms with E-state index in [1.54, 1.807) is 0 Å². The average molecular weight is 497 g/mol. The quantitative estimate of drug-likeness (QED) is 0.639. The summed E-state index contributed by atoms with van der Waals surface area (Å²) < 4.78 is 6.00. The molecule has 3 aliphatic rings. The zero-order valence-electron chi connectivity index (χ0n) is 20.5. The molecule has 4 heterocycles. The van der Waals surface area contributed by atoms with Gasteiger partial charge in [-0.15, -0.1) is 11.3 Å². The molecule has 35 heavy (non-hydrogen) atoms. The topological polar surface area (TPSA) is 65.1 Å². The number of likely N-dealkylation sites (tertiary alicyclic amines) is 1. The van der Waals surface area contributed by atoms with E-state index in [1.807, 2.05) is 27.3 Å². The Morgan fingerprint density at radius 2 is 1.97 bits per heavy atom. The van der Waals surface area contributed by atoms with Crippen LogP contribution in [-0.4, -0.2) is 90.6 Å². The summed E-state index contributed by atoms with van der Waals surface area (Å²) in [5, 5.41) is 5.25. The number of aryl methyl sites for hydroxylation is 1. The van der Waals surface area contributed by atoms with Crippen LogP contribution in [0.3, 0.4) is 0 Å². The van der Waals surface area contributed by atoms with Crippen molar-refractivity contribution in [3.8, 4) is 0 Å². The normalized spacial score (nSPS) is 24.9. The predicted molar refractivity (Wildman–Crippen MR) is 138 cm³/mol. The molecule has 188 valence electrons. The smallest absolute Gasteiger partial charge is 0.264 e. The van der Waals surface area contributed by atoms with E-state index in [4.69, 9.17) is 4.74 Å². The summed E-state index contributed by atoms with van der Waals surface area (Å²) in [5.41, 5.74) is 2.50. The molecule has 1 aromatic carbocycles. The monoisotopic (exact) mass is 496 g/mol. The number of amides is 2. The Morgan fingerprint density at radius 1 is 1.17 bits per heavy atom. The molecule has 0 aliphatic carbocycles. The zero-order valence-corrected chi connectivity index (χ0v) is 21.3. The maximum atomic E-state index is 13.7. The van der Waals surface area contributed by atoms with Crippen LogP contribution in [0, 0.1) is 6.92 Å². The van der Waals surface area contributed by atoms with Crippen LogP contribution in [0.4, 0.5) is 0 Å². The standard InChI is InChI=1S/C27H36N4O3S/c1-20-6-8-21(9-7-20)17-30(19-23-4-2-14-34-23)22-16-24(26(32)29-12-10-28-11-13-29)31(18-22)27(33)25-5-3-15-35-25/h3,5-9,15,22-24,28H,2,4,10-14,16-19H2,1H3. The summed E-state index contributed by atoms with van der Waals surface area (Å²) in [6.45, 7) is 8.12. The fourth-order valence-electron chi connectivity index (χ4n) is 5.50. The van der Waals surface area contributed by atoms with Gasteiger partial charge in [-0.1, -0.05) is 35.9 Å². The number of carbonyl (C=O) groups is 2. The summed E-state index contributed by atoms with van der Waals surface area (Å²) in [7, 11) is 0. The molecule has 0 radical (unpaired) electrons. The minimum absolute atomic E-state index is 0.0246. The van der Waals surface area contributed by atoms with Gasteiger partial charge in [-0.05, 0) is 43.2 Å². The van der Waals surface area contributed by atoms with E-state index in [9.17, 15) is 9.59 Å². The first-order chi connectivity index (χ1) is 17.1. The van der Waals surface area contributed by atoms with Crippen molar-refractivity contribution in [1.29, 1.82) is 0 Å². The molecular weight excluding hydrogens is 460 g/mol. The Hall–Kier alpha value is -2.26. The lowest BCUT2D eigenvalue weighted by molar-refractivity contribution is -0.135. The van der Waals surface area contributed by atoms with Gasteiger partial charge in [0.15, 0.2) is 0 Å². The van der Waals surface area contributed by atoms with Crippen LogP contribution in [0.15, 0.2) is 41.8 Å². The van der Waals surface area contributed by atoms with E-state index < -0.39 is 6.04 Å². The molecule has 2 amide bonds. The van der Waals surface area contributed by atoms with Crippen LogP contribution < -0.4 is 5.32 Å². The zero-order chi connectivity index (χ0) is 24.2. The molecule has 0 bridgehead atoms. The van der Waals surface area contributed by atoms with Crippen LogP contribution >= 0.6 is 11.3 Å². The summed E-state index contributed by atoms with van der Waals surface area (Å²) in [5.74, 6) is 0.0645. The van der Waals surface area contributed by atoms with Gasteiger partial charge in [0.05, 0.1) is 11.0 Å². The van der Waals surface area contributed by atoms with Gasteiger partial charge in [0.2, 0.25) is 5.91 Å².